The summed E-state index contributed by atoms with van der Waals surface area (Å²) in [6.07, 6.45) is -12.4. The summed E-state index contributed by atoms with van der Waals surface area (Å²) < 4.78 is 143. The number of hydrogen-bond donors (Lipinski definition) is 2. The van der Waals surface area contributed by atoms with Gasteiger partial charge in [-0.1, -0.05) is 12.1 Å². The maximum absolute atomic E-state index is 13.9. The van der Waals surface area contributed by atoms with Gasteiger partial charge < -0.3 is 30.7 Å². The summed E-state index contributed by atoms with van der Waals surface area (Å²) in [6, 6.07) is 5.76. The van der Waals surface area contributed by atoms with Crippen molar-refractivity contribution < 1.29 is 63.0 Å². The SMILES string of the molecule is CC(C)(C)OC(=O)N1CCN(Cc2cc(N)ccc2C(F)(F)C(F)(F)F)CC1.CC(C)(C)OC(=O)N1CCN(Cc2cc(N)ccc2C(F)(F)C(F)(F)F)CC1. The van der Waals surface area contributed by atoms with Gasteiger partial charge >= 0.3 is 36.4 Å². The molecule has 2 heterocycles. The molecule has 2 aliphatic rings. The molecule has 2 saturated heterocycles. The lowest BCUT2D eigenvalue weighted by atomic mass is 9.99. The number of carbonyl (C=O) groups is 2. The number of nitrogens with zero attached hydrogens (tertiary/aromatic N) is 4. The van der Waals surface area contributed by atoms with Crippen LogP contribution in [0.2, 0.25) is 0 Å². The number of piperazine rings is 2. The van der Waals surface area contributed by atoms with Crippen LogP contribution in [0.15, 0.2) is 36.4 Å². The monoisotopic (exact) mass is 818 g/mol. The van der Waals surface area contributed by atoms with E-state index in [9.17, 15) is 53.5 Å². The highest BCUT2D eigenvalue weighted by molar-refractivity contribution is 5.68. The van der Waals surface area contributed by atoms with Gasteiger partial charge in [-0.15, -0.1) is 0 Å². The second-order valence-electron chi connectivity index (χ2n) is 15.5. The van der Waals surface area contributed by atoms with Crippen molar-refractivity contribution in [1.29, 1.82) is 0 Å². The van der Waals surface area contributed by atoms with Gasteiger partial charge in [-0.3, -0.25) is 9.80 Å². The first kappa shape index (κ1) is 46.2. The molecule has 0 bridgehead atoms. The first-order chi connectivity index (χ1) is 25.4. The van der Waals surface area contributed by atoms with Crippen molar-refractivity contribution in [2.24, 2.45) is 0 Å². The zero-order chi connectivity index (χ0) is 42.7. The lowest BCUT2D eigenvalue weighted by Gasteiger charge is -2.36. The van der Waals surface area contributed by atoms with Gasteiger partial charge in [0.15, 0.2) is 0 Å². The predicted octanol–water partition coefficient (Wildman–Crippen LogP) is 7.95. The molecular weight excluding hydrogens is 770 g/mol. The van der Waals surface area contributed by atoms with Gasteiger partial charge in [0, 0.05) is 87.9 Å². The van der Waals surface area contributed by atoms with Crippen molar-refractivity contribution in [3.05, 3.63) is 58.7 Å². The molecule has 56 heavy (non-hydrogen) atoms. The van der Waals surface area contributed by atoms with E-state index in [1.807, 2.05) is 0 Å². The quantitative estimate of drug-likeness (QED) is 0.223. The molecule has 4 N–H and O–H groups in total. The summed E-state index contributed by atoms with van der Waals surface area (Å²) >= 11 is 0. The zero-order valence-electron chi connectivity index (χ0n) is 31.9. The molecule has 2 fully saturated rings. The maximum atomic E-state index is 13.9. The zero-order valence-corrected chi connectivity index (χ0v) is 31.9. The number of hydrogen-bond acceptors (Lipinski definition) is 8. The Morgan fingerprint density at radius 1 is 0.536 bits per heavy atom. The number of nitrogen functional groups attached to an aromatic ring is 2. The molecule has 0 aromatic heterocycles. The molecule has 0 atom stereocenters. The van der Waals surface area contributed by atoms with Crippen LogP contribution < -0.4 is 11.5 Å². The van der Waals surface area contributed by atoms with Gasteiger partial charge in [-0.05, 0) is 76.9 Å². The van der Waals surface area contributed by atoms with Crippen LogP contribution in [0.25, 0.3) is 0 Å². The van der Waals surface area contributed by atoms with Crippen molar-refractivity contribution in [2.75, 3.05) is 63.8 Å². The minimum atomic E-state index is -5.70. The number of amides is 2. The fourth-order valence-corrected chi connectivity index (χ4v) is 5.72. The Hall–Kier alpha value is -4.20. The van der Waals surface area contributed by atoms with Crippen LogP contribution in [0.1, 0.15) is 63.8 Å². The molecule has 2 aliphatic heterocycles. The maximum Gasteiger partial charge on any atom is 0.458 e. The summed E-state index contributed by atoms with van der Waals surface area (Å²) in [5, 5.41) is 0. The molecule has 0 spiro atoms. The lowest BCUT2D eigenvalue weighted by Crippen LogP contribution is -2.49. The van der Waals surface area contributed by atoms with Crippen LogP contribution in [-0.4, -0.2) is 108 Å². The Morgan fingerprint density at radius 2 is 0.821 bits per heavy atom. The number of alkyl halides is 10. The Kier molecular flexibility index (Phi) is 14.1. The van der Waals surface area contributed by atoms with Crippen molar-refractivity contribution in [2.45, 2.75) is 90.0 Å². The average Bonchev–Trinajstić information content (AvgIpc) is 3.03. The normalized spacial score (nSPS) is 16.9. The molecule has 10 nitrogen and oxygen atoms in total. The Bertz CT molecular complexity index is 1540. The van der Waals surface area contributed by atoms with Crippen LogP contribution in [-0.2, 0) is 34.4 Å². The van der Waals surface area contributed by atoms with Gasteiger partial charge in [0.2, 0.25) is 0 Å². The van der Waals surface area contributed by atoms with Crippen molar-refractivity contribution in [1.82, 2.24) is 19.6 Å². The topological polar surface area (TPSA) is 118 Å². The van der Waals surface area contributed by atoms with Gasteiger partial charge in [-0.2, -0.15) is 43.9 Å². The Morgan fingerprint density at radius 3 is 1.07 bits per heavy atom. The lowest BCUT2D eigenvalue weighted by molar-refractivity contribution is -0.289. The smallest absolute Gasteiger partial charge is 0.444 e. The van der Waals surface area contributed by atoms with Crippen molar-refractivity contribution >= 4 is 23.6 Å². The minimum absolute atomic E-state index is 0.101. The summed E-state index contributed by atoms with van der Waals surface area (Å²) in [4.78, 5) is 30.5. The fourth-order valence-electron chi connectivity index (χ4n) is 5.72. The van der Waals surface area contributed by atoms with Gasteiger partial charge in [0.1, 0.15) is 11.2 Å². The number of halogens is 10. The van der Waals surface area contributed by atoms with E-state index in [0.29, 0.717) is 26.2 Å². The molecule has 0 aliphatic carbocycles. The van der Waals surface area contributed by atoms with E-state index in [1.54, 1.807) is 51.3 Å². The molecule has 2 aromatic carbocycles. The fraction of sp³-hybridized carbons (Fsp3) is 0.611. The summed E-state index contributed by atoms with van der Waals surface area (Å²) in [7, 11) is 0. The highest BCUT2D eigenvalue weighted by Crippen LogP contribution is 2.47. The molecule has 4 rings (SSSR count). The first-order valence-corrected chi connectivity index (χ1v) is 17.5. The van der Waals surface area contributed by atoms with Crippen LogP contribution in [0.3, 0.4) is 0 Å². The molecule has 0 unspecified atom stereocenters. The van der Waals surface area contributed by atoms with E-state index in [2.05, 4.69) is 0 Å². The van der Waals surface area contributed by atoms with Gasteiger partial charge in [0.05, 0.1) is 0 Å². The predicted molar refractivity (Wildman–Crippen MR) is 188 cm³/mol. The number of anilines is 2. The molecule has 0 radical (unpaired) electrons. The van der Waals surface area contributed by atoms with E-state index in [4.69, 9.17) is 20.9 Å². The number of benzene rings is 2. The Balaban J connectivity index is 0.000000300. The van der Waals surface area contributed by atoms with Crippen molar-refractivity contribution in [3.63, 3.8) is 0 Å². The highest BCUT2D eigenvalue weighted by Gasteiger charge is 2.60. The van der Waals surface area contributed by atoms with Crippen LogP contribution in [0, 0.1) is 0 Å². The summed E-state index contributed by atoms with van der Waals surface area (Å²) in [5.41, 5.74) is 7.51. The number of nitrogens with two attached hydrogens (primary N) is 2. The van der Waals surface area contributed by atoms with E-state index in [-0.39, 0.29) is 61.8 Å². The number of rotatable bonds is 6. The van der Waals surface area contributed by atoms with Crippen LogP contribution in [0.4, 0.5) is 64.9 Å². The van der Waals surface area contributed by atoms with E-state index in [1.165, 1.54) is 9.80 Å². The molecule has 2 aromatic rings. The van der Waals surface area contributed by atoms with Gasteiger partial charge in [0.25, 0.3) is 0 Å². The van der Waals surface area contributed by atoms with Crippen LogP contribution in [0.5, 0.6) is 0 Å². The third-order valence-corrected chi connectivity index (χ3v) is 8.48. The van der Waals surface area contributed by atoms with E-state index >= 15 is 0 Å². The minimum Gasteiger partial charge on any atom is -0.444 e. The number of carbonyl (C=O) groups excluding carboxylic acids is 2. The second-order valence-corrected chi connectivity index (χ2v) is 15.5. The van der Waals surface area contributed by atoms with Crippen molar-refractivity contribution in [3.8, 4) is 0 Å². The average molecular weight is 819 g/mol. The number of ether oxygens (including phenoxy) is 2. The molecule has 2 amide bonds. The highest BCUT2D eigenvalue weighted by atomic mass is 19.4. The first-order valence-electron chi connectivity index (χ1n) is 17.5. The Labute approximate surface area is 318 Å². The third-order valence-electron chi connectivity index (χ3n) is 8.48. The largest absolute Gasteiger partial charge is 0.458 e. The van der Waals surface area contributed by atoms with E-state index < -0.39 is 58.7 Å². The van der Waals surface area contributed by atoms with Crippen LogP contribution >= 0.6 is 0 Å². The molecule has 316 valence electrons. The third kappa shape index (κ3) is 12.4. The molecular formula is C36H48F10N6O4. The molecule has 0 saturated carbocycles. The van der Waals surface area contributed by atoms with E-state index in [0.717, 1.165) is 36.4 Å². The summed E-state index contributed by atoms with van der Waals surface area (Å²) in [6.45, 7) is 12.5. The molecule has 20 heteroatoms. The standard InChI is InChI=1S/2C18H24F5N3O2/c2*1-16(2,3)28-15(27)26-8-6-25(7-9-26)11-12-10-13(24)4-5-14(12)17(19,20)18(21,22)23/h2*4-5,10H,6-9,11,24H2,1-3H3. The van der Waals surface area contributed by atoms with Gasteiger partial charge in [-0.25, -0.2) is 9.59 Å². The summed E-state index contributed by atoms with van der Waals surface area (Å²) in [5.74, 6) is -9.96. The second kappa shape index (κ2) is 17.1.